The number of hydrogen-bond acceptors (Lipinski definition) is 3. The van der Waals surface area contributed by atoms with Crippen LogP contribution in [0.15, 0.2) is 11.8 Å². The molecule has 1 fully saturated rings. The summed E-state index contributed by atoms with van der Waals surface area (Å²) in [7, 11) is 0. The maximum absolute atomic E-state index is 5.84. The van der Waals surface area contributed by atoms with E-state index in [1.807, 2.05) is 0 Å². The van der Waals surface area contributed by atoms with E-state index in [0.717, 1.165) is 19.1 Å². The molecule has 0 aromatic heterocycles. The van der Waals surface area contributed by atoms with E-state index in [2.05, 4.69) is 30.1 Å². The average molecular weight is 241 g/mol. The van der Waals surface area contributed by atoms with Crippen LogP contribution in [0.1, 0.15) is 32.6 Å². The van der Waals surface area contributed by atoms with Gasteiger partial charge in [0.2, 0.25) is 0 Å². The fraction of sp³-hybridized carbons (Fsp3) is 0.846. The average Bonchev–Trinajstić information content (AvgIpc) is 2.85. The van der Waals surface area contributed by atoms with Crippen LogP contribution in [0.25, 0.3) is 0 Å². The Labute approximate surface area is 103 Å². The van der Waals surface area contributed by atoms with Gasteiger partial charge >= 0.3 is 0 Å². The minimum atomic E-state index is 0.482. The molecule has 0 amide bonds. The van der Waals surface area contributed by atoms with Crippen molar-refractivity contribution in [3.05, 3.63) is 11.8 Å². The van der Waals surface area contributed by atoms with Crippen molar-refractivity contribution in [3.8, 4) is 0 Å². The zero-order valence-electron chi connectivity index (χ0n) is 10.2. The molecule has 0 spiro atoms. The normalized spacial score (nSPS) is 27.3. The van der Waals surface area contributed by atoms with Crippen molar-refractivity contribution in [1.82, 2.24) is 5.32 Å². The second-order valence-electron chi connectivity index (χ2n) is 4.65. The van der Waals surface area contributed by atoms with Crippen LogP contribution in [0.4, 0.5) is 0 Å². The van der Waals surface area contributed by atoms with Crippen LogP contribution in [0.5, 0.6) is 0 Å². The molecule has 2 atom stereocenters. The van der Waals surface area contributed by atoms with Crippen molar-refractivity contribution in [2.45, 2.75) is 38.6 Å². The topological polar surface area (TPSA) is 21.3 Å². The van der Waals surface area contributed by atoms with Crippen LogP contribution in [0.3, 0.4) is 0 Å². The lowest BCUT2D eigenvalue weighted by molar-refractivity contribution is 0.153. The molecular weight excluding hydrogens is 218 g/mol. The summed E-state index contributed by atoms with van der Waals surface area (Å²) in [6.45, 7) is 4.24. The SMILES string of the molecule is CCCNC(C1=CCCCO1)C1CCSC1. The summed E-state index contributed by atoms with van der Waals surface area (Å²) in [4.78, 5) is 0. The monoisotopic (exact) mass is 241 g/mol. The minimum Gasteiger partial charge on any atom is -0.497 e. The molecular formula is C13H23NOS. The van der Waals surface area contributed by atoms with Gasteiger partial charge in [0, 0.05) is 0 Å². The van der Waals surface area contributed by atoms with Crippen LogP contribution in [-0.2, 0) is 4.74 Å². The van der Waals surface area contributed by atoms with E-state index in [1.165, 1.54) is 42.9 Å². The molecule has 2 aliphatic rings. The van der Waals surface area contributed by atoms with E-state index in [9.17, 15) is 0 Å². The number of allylic oxidation sites excluding steroid dienone is 1. The first kappa shape index (κ1) is 12.3. The molecule has 2 nitrogen and oxygen atoms in total. The van der Waals surface area contributed by atoms with Crippen molar-refractivity contribution >= 4 is 11.8 Å². The molecule has 1 saturated heterocycles. The molecule has 16 heavy (non-hydrogen) atoms. The van der Waals surface area contributed by atoms with Crippen LogP contribution < -0.4 is 5.32 Å². The molecule has 3 heteroatoms. The van der Waals surface area contributed by atoms with Gasteiger partial charge in [-0.15, -0.1) is 0 Å². The van der Waals surface area contributed by atoms with Gasteiger partial charge in [0.05, 0.1) is 12.6 Å². The summed E-state index contributed by atoms with van der Waals surface area (Å²) in [5, 5.41) is 3.67. The highest BCUT2D eigenvalue weighted by Gasteiger charge is 2.29. The first-order valence-corrected chi connectivity index (χ1v) is 7.71. The fourth-order valence-corrected chi connectivity index (χ4v) is 3.71. The van der Waals surface area contributed by atoms with Crippen LogP contribution >= 0.6 is 11.8 Å². The van der Waals surface area contributed by atoms with Gasteiger partial charge in [-0.3, -0.25) is 0 Å². The highest BCUT2D eigenvalue weighted by molar-refractivity contribution is 7.99. The minimum absolute atomic E-state index is 0.482. The fourth-order valence-electron chi connectivity index (χ4n) is 2.41. The molecule has 2 rings (SSSR count). The lowest BCUT2D eigenvalue weighted by Gasteiger charge is -2.28. The molecule has 2 heterocycles. The second kappa shape index (κ2) is 6.55. The van der Waals surface area contributed by atoms with Crippen LogP contribution in [0.2, 0.25) is 0 Å². The zero-order chi connectivity index (χ0) is 11.2. The summed E-state index contributed by atoms with van der Waals surface area (Å²) in [5.41, 5.74) is 0. The summed E-state index contributed by atoms with van der Waals surface area (Å²) in [5.74, 6) is 4.62. The van der Waals surface area contributed by atoms with E-state index in [4.69, 9.17) is 4.74 Å². The maximum Gasteiger partial charge on any atom is 0.109 e. The third-order valence-corrected chi connectivity index (χ3v) is 4.51. The summed E-state index contributed by atoms with van der Waals surface area (Å²) in [6, 6.07) is 0.482. The Morgan fingerprint density at radius 3 is 3.19 bits per heavy atom. The van der Waals surface area contributed by atoms with Gasteiger partial charge in [-0.1, -0.05) is 6.92 Å². The van der Waals surface area contributed by atoms with E-state index in [1.54, 1.807) is 0 Å². The van der Waals surface area contributed by atoms with Gasteiger partial charge in [0.15, 0.2) is 0 Å². The summed E-state index contributed by atoms with van der Waals surface area (Å²) >= 11 is 2.09. The van der Waals surface area contributed by atoms with E-state index in [0.29, 0.717) is 6.04 Å². The number of ether oxygens (including phenoxy) is 1. The molecule has 0 aromatic carbocycles. The van der Waals surface area contributed by atoms with Crippen LogP contribution in [0, 0.1) is 5.92 Å². The predicted molar refractivity (Wildman–Crippen MR) is 70.8 cm³/mol. The Morgan fingerprint density at radius 1 is 1.62 bits per heavy atom. The Morgan fingerprint density at radius 2 is 2.56 bits per heavy atom. The van der Waals surface area contributed by atoms with Gasteiger partial charge < -0.3 is 10.1 Å². The molecule has 0 aromatic rings. The number of nitrogens with one attached hydrogen (secondary N) is 1. The Bertz CT molecular complexity index is 236. The molecule has 0 radical (unpaired) electrons. The van der Waals surface area contributed by atoms with E-state index >= 15 is 0 Å². The molecule has 0 bridgehead atoms. The lowest BCUT2D eigenvalue weighted by Crippen LogP contribution is -2.40. The number of hydrogen-bond donors (Lipinski definition) is 1. The molecule has 2 unspecified atom stereocenters. The summed E-state index contributed by atoms with van der Waals surface area (Å²) < 4.78 is 5.84. The first-order chi connectivity index (χ1) is 7.92. The zero-order valence-corrected chi connectivity index (χ0v) is 11.0. The Hall–Kier alpha value is -0.150. The Kier molecular flexibility index (Phi) is 5.04. The molecule has 0 saturated carbocycles. The molecule has 2 aliphatic heterocycles. The van der Waals surface area contributed by atoms with Gasteiger partial charge in [-0.25, -0.2) is 0 Å². The van der Waals surface area contributed by atoms with Crippen molar-refractivity contribution in [2.24, 2.45) is 5.92 Å². The molecule has 0 aliphatic carbocycles. The van der Waals surface area contributed by atoms with Gasteiger partial charge in [-0.05, 0) is 55.7 Å². The highest BCUT2D eigenvalue weighted by Crippen LogP contribution is 2.30. The van der Waals surface area contributed by atoms with Crippen molar-refractivity contribution in [1.29, 1.82) is 0 Å². The molecule has 1 N–H and O–H groups in total. The Balaban J connectivity index is 1.97. The quantitative estimate of drug-likeness (QED) is 0.800. The van der Waals surface area contributed by atoms with E-state index < -0.39 is 0 Å². The van der Waals surface area contributed by atoms with Crippen LogP contribution in [-0.4, -0.2) is 30.7 Å². The lowest BCUT2D eigenvalue weighted by atomic mass is 9.95. The standard InChI is InChI=1S/C13H23NOS/c1-2-7-14-13(11-6-9-16-10-11)12-5-3-4-8-15-12/h5,11,13-14H,2-4,6-10H2,1H3. The largest absolute Gasteiger partial charge is 0.497 e. The van der Waals surface area contributed by atoms with Crippen molar-refractivity contribution < 1.29 is 4.74 Å². The number of thioether (sulfide) groups is 1. The second-order valence-corrected chi connectivity index (χ2v) is 5.80. The number of rotatable bonds is 5. The van der Waals surface area contributed by atoms with Crippen molar-refractivity contribution in [3.63, 3.8) is 0 Å². The summed E-state index contributed by atoms with van der Waals surface area (Å²) in [6.07, 6.45) is 7.22. The van der Waals surface area contributed by atoms with Crippen molar-refractivity contribution in [2.75, 3.05) is 24.7 Å². The molecule has 92 valence electrons. The third-order valence-electron chi connectivity index (χ3n) is 3.32. The first-order valence-electron chi connectivity index (χ1n) is 6.55. The smallest absolute Gasteiger partial charge is 0.109 e. The predicted octanol–water partition coefficient (Wildman–Crippen LogP) is 2.80. The van der Waals surface area contributed by atoms with E-state index in [-0.39, 0.29) is 0 Å². The van der Waals surface area contributed by atoms with Gasteiger partial charge in [-0.2, -0.15) is 11.8 Å². The highest BCUT2D eigenvalue weighted by atomic mass is 32.2. The maximum atomic E-state index is 5.84. The van der Waals surface area contributed by atoms with Gasteiger partial charge in [0.1, 0.15) is 5.76 Å². The van der Waals surface area contributed by atoms with Gasteiger partial charge in [0.25, 0.3) is 0 Å². The third kappa shape index (κ3) is 3.17.